The third-order valence-corrected chi connectivity index (χ3v) is 4.47. The molecule has 22 heavy (non-hydrogen) atoms. The summed E-state index contributed by atoms with van der Waals surface area (Å²) in [6.45, 7) is 2.32. The first-order chi connectivity index (χ1) is 10.8. The van der Waals surface area contributed by atoms with Crippen molar-refractivity contribution in [2.24, 2.45) is 0 Å². The van der Waals surface area contributed by atoms with Crippen LogP contribution in [-0.2, 0) is 6.42 Å². The summed E-state index contributed by atoms with van der Waals surface area (Å²) in [5.74, 6) is 1.38. The fourth-order valence-corrected chi connectivity index (χ4v) is 3.48. The SMILES string of the molecule is CCCc1nn2c(C=O)c(-c3ccc4c(c3)OCO4)nc2s1. The topological polar surface area (TPSA) is 65.7 Å². The van der Waals surface area contributed by atoms with Crippen LogP contribution < -0.4 is 9.47 Å². The Balaban J connectivity index is 1.84. The minimum atomic E-state index is 0.222. The number of aldehydes is 1. The summed E-state index contributed by atoms with van der Waals surface area (Å²) in [4.78, 5) is 16.8. The van der Waals surface area contributed by atoms with E-state index in [1.807, 2.05) is 18.2 Å². The summed E-state index contributed by atoms with van der Waals surface area (Å²) in [6.07, 6.45) is 2.71. The van der Waals surface area contributed by atoms with E-state index in [1.165, 1.54) is 11.3 Å². The molecule has 0 saturated carbocycles. The predicted octanol–water partition coefficient (Wildman–Crippen LogP) is 2.95. The molecule has 6 nitrogen and oxygen atoms in total. The van der Waals surface area contributed by atoms with Crippen molar-refractivity contribution in [1.29, 1.82) is 0 Å². The van der Waals surface area contributed by atoms with Crippen molar-refractivity contribution in [2.45, 2.75) is 19.8 Å². The molecule has 0 saturated heterocycles. The van der Waals surface area contributed by atoms with Crippen molar-refractivity contribution in [3.05, 3.63) is 28.9 Å². The lowest BCUT2D eigenvalue weighted by molar-refractivity contribution is 0.111. The van der Waals surface area contributed by atoms with Crippen molar-refractivity contribution < 1.29 is 14.3 Å². The maximum atomic E-state index is 11.5. The molecule has 3 aromatic rings. The Morgan fingerprint density at radius 2 is 2.23 bits per heavy atom. The van der Waals surface area contributed by atoms with Gasteiger partial charge in [0.25, 0.3) is 0 Å². The molecule has 0 bridgehead atoms. The summed E-state index contributed by atoms with van der Waals surface area (Å²) < 4.78 is 12.3. The maximum absolute atomic E-state index is 11.5. The number of imidazole rings is 1. The quantitative estimate of drug-likeness (QED) is 0.693. The molecule has 1 aromatic carbocycles. The summed E-state index contributed by atoms with van der Waals surface area (Å²) in [6, 6.07) is 5.55. The number of hydrogen-bond acceptors (Lipinski definition) is 6. The van der Waals surface area contributed by atoms with E-state index in [2.05, 4.69) is 17.0 Å². The van der Waals surface area contributed by atoms with Gasteiger partial charge in [-0.2, -0.15) is 9.61 Å². The van der Waals surface area contributed by atoms with E-state index in [1.54, 1.807) is 4.52 Å². The highest BCUT2D eigenvalue weighted by Crippen LogP contribution is 2.36. The summed E-state index contributed by atoms with van der Waals surface area (Å²) in [7, 11) is 0. The lowest BCUT2D eigenvalue weighted by atomic mass is 10.1. The van der Waals surface area contributed by atoms with Crippen LogP contribution >= 0.6 is 11.3 Å². The number of fused-ring (bicyclic) bond motifs is 2. The van der Waals surface area contributed by atoms with Crippen LogP contribution in [-0.4, -0.2) is 27.7 Å². The third-order valence-electron chi connectivity index (χ3n) is 3.50. The summed E-state index contributed by atoms with van der Waals surface area (Å²) in [5.41, 5.74) is 1.91. The van der Waals surface area contributed by atoms with Gasteiger partial charge in [-0.25, -0.2) is 4.98 Å². The zero-order valence-corrected chi connectivity index (χ0v) is 12.7. The molecule has 0 N–H and O–H groups in total. The molecule has 3 heterocycles. The lowest BCUT2D eigenvalue weighted by Crippen LogP contribution is -1.95. The number of aromatic nitrogens is 3. The van der Waals surface area contributed by atoms with Gasteiger partial charge in [0, 0.05) is 12.0 Å². The van der Waals surface area contributed by atoms with Gasteiger partial charge >= 0.3 is 0 Å². The van der Waals surface area contributed by atoms with Crippen LogP contribution in [0.4, 0.5) is 0 Å². The van der Waals surface area contributed by atoms with Crippen molar-refractivity contribution in [2.75, 3.05) is 6.79 Å². The molecule has 0 spiro atoms. The average molecular weight is 315 g/mol. The standard InChI is InChI=1S/C15H13N3O3S/c1-2-3-13-17-18-10(7-19)14(16-15(18)22-13)9-4-5-11-12(6-9)21-8-20-11/h4-7H,2-3,8H2,1H3. The van der Waals surface area contributed by atoms with Crippen LogP contribution in [0.3, 0.4) is 0 Å². The first-order valence-corrected chi connectivity index (χ1v) is 7.85. The number of rotatable bonds is 4. The highest BCUT2D eigenvalue weighted by molar-refractivity contribution is 7.16. The molecule has 112 valence electrons. The molecule has 1 aliphatic rings. The fraction of sp³-hybridized carbons (Fsp3) is 0.267. The normalized spacial score (nSPS) is 13.0. The fourth-order valence-electron chi connectivity index (χ4n) is 2.48. The van der Waals surface area contributed by atoms with Gasteiger partial charge in [-0.15, -0.1) is 0 Å². The monoisotopic (exact) mass is 315 g/mol. The Bertz CT molecular complexity index is 868. The third kappa shape index (κ3) is 1.97. The number of carbonyl (C=O) groups is 1. The van der Waals surface area contributed by atoms with Gasteiger partial charge in [0.05, 0.1) is 0 Å². The summed E-state index contributed by atoms with van der Waals surface area (Å²) in [5, 5.41) is 5.47. The van der Waals surface area contributed by atoms with Crippen molar-refractivity contribution in [3.8, 4) is 22.8 Å². The number of carbonyl (C=O) groups excluding carboxylic acids is 1. The van der Waals surface area contributed by atoms with Crippen molar-refractivity contribution in [3.63, 3.8) is 0 Å². The molecular weight excluding hydrogens is 302 g/mol. The lowest BCUT2D eigenvalue weighted by Gasteiger charge is -2.01. The van der Waals surface area contributed by atoms with Crippen LogP contribution in [0.2, 0.25) is 0 Å². The molecule has 0 radical (unpaired) electrons. The van der Waals surface area contributed by atoms with Gasteiger partial charge in [-0.3, -0.25) is 4.79 Å². The maximum Gasteiger partial charge on any atom is 0.231 e. The van der Waals surface area contributed by atoms with Gasteiger partial charge < -0.3 is 9.47 Å². The number of aryl methyl sites for hydroxylation is 1. The molecule has 7 heteroatoms. The van der Waals surface area contributed by atoms with Crippen LogP contribution in [0.15, 0.2) is 18.2 Å². The van der Waals surface area contributed by atoms with E-state index in [0.717, 1.165) is 34.7 Å². The molecule has 2 aromatic heterocycles. The second kappa shape index (κ2) is 5.10. The molecule has 0 fully saturated rings. The Kier molecular flexibility index (Phi) is 3.07. The van der Waals surface area contributed by atoms with Crippen LogP contribution in [0.25, 0.3) is 16.2 Å². The Labute approximate surface area is 130 Å². The minimum absolute atomic E-state index is 0.222. The van der Waals surface area contributed by atoms with Gasteiger partial charge in [0.2, 0.25) is 11.8 Å². The highest BCUT2D eigenvalue weighted by Gasteiger charge is 2.20. The highest BCUT2D eigenvalue weighted by atomic mass is 32.1. The van der Waals surface area contributed by atoms with Gasteiger partial charge in [0.1, 0.15) is 16.4 Å². The molecule has 1 aliphatic heterocycles. The number of ether oxygens (including phenoxy) is 2. The largest absolute Gasteiger partial charge is 0.454 e. The van der Waals surface area contributed by atoms with Gasteiger partial charge in [-0.1, -0.05) is 18.3 Å². The molecule has 4 rings (SSSR count). The van der Waals surface area contributed by atoms with E-state index in [9.17, 15) is 4.79 Å². The van der Waals surface area contributed by atoms with E-state index in [0.29, 0.717) is 22.9 Å². The number of hydrogen-bond donors (Lipinski definition) is 0. The van der Waals surface area contributed by atoms with E-state index >= 15 is 0 Å². The number of nitrogens with zero attached hydrogens (tertiary/aromatic N) is 3. The average Bonchev–Trinajstić information content (AvgIpc) is 3.19. The number of benzene rings is 1. The molecule has 0 atom stereocenters. The molecule has 0 unspecified atom stereocenters. The van der Waals surface area contributed by atoms with E-state index in [-0.39, 0.29) is 6.79 Å². The molecule has 0 aliphatic carbocycles. The van der Waals surface area contributed by atoms with Crippen molar-refractivity contribution in [1.82, 2.24) is 14.6 Å². The Morgan fingerprint density at radius 1 is 1.36 bits per heavy atom. The van der Waals surface area contributed by atoms with Gasteiger partial charge in [-0.05, 0) is 24.6 Å². The first-order valence-electron chi connectivity index (χ1n) is 7.03. The first kappa shape index (κ1) is 13.3. The predicted molar refractivity (Wildman–Crippen MR) is 81.8 cm³/mol. The van der Waals surface area contributed by atoms with E-state index in [4.69, 9.17) is 9.47 Å². The zero-order chi connectivity index (χ0) is 15.1. The second-order valence-corrected chi connectivity index (χ2v) is 6.01. The van der Waals surface area contributed by atoms with Crippen LogP contribution in [0.5, 0.6) is 11.5 Å². The Hall–Kier alpha value is -2.41. The van der Waals surface area contributed by atoms with Crippen molar-refractivity contribution >= 4 is 22.6 Å². The van der Waals surface area contributed by atoms with Crippen LogP contribution in [0, 0.1) is 0 Å². The van der Waals surface area contributed by atoms with Gasteiger partial charge in [0.15, 0.2) is 17.8 Å². The molecular formula is C15H13N3O3S. The zero-order valence-electron chi connectivity index (χ0n) is 11.9. The minimum Gasteiger partial charge on any atom is -0.454 e. The second-order valence-electron chi connectivity index (χ2n) is 4.97. The van der Waals surface area contributed by atoms with E-state index < -0.39 is 0 Å². The Morgan fingerprint density at radius 3 is 3.05 bits per heavy atom. The smallest absolute Gasteiger partial charge is 0.231 e. The summed E-state index contributed by atoms with van der Waals surface area (Å²) >= 11 is 1.52. The van der Waals surface area contributed by atoms with Crippen LogP contribution in [0.1, 0.15) is 28.8 Å². The molecule has 0 amide bonds.